The fraction of sp³-hybridized carbons (Fsp3) is 0.0833. The van der Waals surface area contributed by atoms with E-state index in [1.54, 1.807) is 37.5 Å². The Hall–Kier alpha value is -3.22. The summed E-state index contributed by atoms with van der Waals surface area (Å²) < 4.78 is 11.4. The van der Waals surface area contributed by atoms with E-state index in [-0.39, 0.29) is 5.91 Å². The number of thioether (sulfide) groups is 1. The highest BCUT2D eigenvalue weighted by molar-refractivity contribution is 8.18. The number of hydrogen-bond donors (Lipinski definition) is 1. The number of methoxy groups -OCH3 is 1. The van der Waals surface area contributed by atoms with E-state index in [0.29, 0.717) is 33.2 Å². The zero-order valence-corrected chi connectivity index (χ0v) is 18.2. The van der Waals surface area contributed by atoms with Crippen LogP contribution in [0.1, 0.15) is 11.1 Å². The summed E-state index contributed by atoms with van der Waals surface area (Å²) >= 11 is 7.18. The summed E-state index contributed by atoms with van der Waals surface area (Å²) in [7, 11) is 1.59. The maximum Gasteiger partial charge on any atom is 0.264 e. The van der Waals surface area contributed by atoms with E-state index in [9.17, 15) is 4.79 Å². The number of hydrogen-bond acceptors (Lipinski definition) is 5. The fourth-order valence-corrected chi connectivity index (χ4v) is 3.86. The standard InChI is InChI=1S/C24H19ClN2O3S/c1-29-21-13-17(7-12-20(21)30-15-16-5-3-2-4-6-16)14-22-23(28)27-24(31-22)26-19-10-8-18(25)9-11-19/h2-14H,15H2,1H3,(H,26,27,28)/b22-14+. The van der Waals surface area contributed by atoms with Crippen LogP contribution in [0.3, 0.4) is 0 Å². The van der Waals surface area contributed by atoms with Gasteiger partial charge in [0.25, 0.3) is 5.91 Å². The quantitative estimate of drug-likeness (QED) is 0.481. The number of nitrogens with one attached hydrogen (secondary N) is 1. The van der Waals surface area contributed by atoms with E-state index in [1.165, 1.54) is 11.8 Å². The number of halogens is 1. The summed E-state index contributed by atoms with van der Waals surface area (Å²) in [5.74, 6) is 1.05. The second-order valence-corrected chi connectivity index (χ2v) is 8.11. The largest absolute Gasteiger partial charge is 0.493 e. The van der Waals surface area contributed by atoms with Crippen molar-refractivity contribution in [1.82, 2.24) is 5.32 Å². The molecule has 1 N–H and O–H groups in total. The molecule has 1 heterocycles. The van der Waals surface area contributed by atoms with Gasteiger partial charge in [-0.2, -0.15) is 0 Å². The Morgan fingerprint density at radius 3 is 2.55 bits per heavy atom. The van der Waals surface area contributed by atoms with Crippen LogP contribution in [0.25, 0.3) is 6.08 Å². The summed E-state index contributed by atoms with van der Waals surface area (Å²) in [6, 6.07) is 22.6. The Bertz CT molecular complexity index is 1150. The molecule has 1 fully saturated rings. The van der Waals surface area contributed by atoms with Crippen molar-refractivity contribution < 1.29 is 14.3 Å². The molecule has 31 heavy (non-hydrogen) atoms. The molecular weight excluding hydrogens is 432 g/mol. The van der Waals surface area contributed by atoms with Crippen molar-refractivity contribution in [1.29, 1.82) is 0 Å². The Balaban J connectivity index is 1.48. The third-order valence-electron chi connectivity index (χ3n) is 4.43. The SMILES string of the molecule is COc1cc(/C=C2/SC(=Nc3ccc(Cl)cc3)NC2=O)ccc1OCc1ccccc1. The van der Waals surface area contributed by atoms with Gasteiger partial charge in [-0.15, -0.1) is 0 Å². The molecule has 0 radical (unpaired) electrons. The number of ether oxygens (including phenoxy) is 2. The zero-order chi connectivity index (χ0) is 21.6. The summed E-state index contributed by atoms with van der Waals surface area (Å²) in [6.07, 6.45) is 1.80. The Labute approximate surface area is 189 Å². The molecule has 0 aliphatic carbocycles. The van der Waals surface area contributed by atoms with Crippen molar-refractivity contribution in [2.45, 2.75) is 6.61 Å². The summed E-state index contributed by atoms with van der Waals surface area (Å²) in [5, 5.41) is 3.94. The van der Waals surface area contributed by atoms with Crippen molar-refractivity contribution >= 4 is 46.2 Å². The summed E-state index contributed by atoms with van der Waals surface area (Å²) in [6.45, 7) is 0.445. The molecule has 1 amide bonds. The van der Waals surface area contributed by atoms with Crippen LogP contribution in [0.2, 0.25) is 5.02 Å². The minimum absolute atomic E-state index is 0.193. The second-order valence-electron chi connectivity index (χ2n) is 6.64. The van der Waals surface area contributed by atoms with Crippen LogP contribution < -0.4 is 14.8 Å². The van der Waals surface area contributed by atoms with Gasteiger partial charge in [-0.3, -0.25) is 4.79 Å². The monoisotopic (exact) mass is 450 g/mol. The number of benzene rings is 3. The van der Waals surface area contributed by atoms with Crippen molar-refractivity contribution in [3.63, 3.8) is 0 Å². The molecule has 0 saturated carbocycles. The van der Waals surface area contributed by atoms with E-state index < -0.39 is 0 Å². The fourth-order valence-electron chi connectivity index (χ4n) is 2.89. The van der Waals surface area contributed by atoms with Gasteiger partial charge in [0.15, 0.2) is 16.7 Å². The van der Waals surface area contributed by atoms with Crippen molar-refractivity contribution in [2.75, 3.05) is 7.11 Å². The van der Waals surface area contributed by atoms with E-state index in [2.05, 4.69) is 10.3 Å². The van der Waals surface area contributed by atoms with Crippen LogP contribution in [0, 0.1) is 0 Å². The van der Waals surface area contributed by atoms with Crippen molar-refractivity contribution in [3.8, 4) is 11.5 Å². The molecule has 156 valence electrons. The molecular formula is C24H19ClN2O3S. The average molecular weight is 451 g/mol. The maximum absolute atomic E-state index is 12.4. The lowest BCUT2D eigenvalue weighted by atomic mass is 10.2. The number of rotatable bonds is 6. The van der Waals surface area contributed by atoms with Crippen LogP contribution in [0.15, 0.2) is 82.7 Å². The van der Waals surface area contributed by atoms with E-state index in [0.717, 1.165) is 16.8 Å². The average Bonchev–Trinajstić information content (AvgIpc) is 3.13. The minimum atomic E-state index is -0.193. The van der Waals surface area contributed by atoms with Crippen molar-refractivity contribution in [3.05, 3.63) is 93.9 Å². The predicted octanol–water partition coefficient (Wildman–Crippen LogP) is 5.82. The zero-order valence-electron chi connectivity index (χ0n) is 16.7. The smallest absolute Gasteiger partial charge is 0.264 e. The Morgan fingerprint density at radius 2 is 1.81 bits per heavy atom. The third kappa shape index (κ3) is 5.48. The second kappa shape index (κ2) is 9.73. The van der Waals surface area contributed by atoms with Crippen LogP contribution >= 0.6 is 23.4 Å². The van der Waals surface area contributed by atoms with Gasteiger partial charge >= 0.3 is 0 Å². The number of aliphatic imine (C=N–C) groups is 1. The molecule has 1 aliphatic heterocycles. The molecule has 5 nitrogen and oxygen atoms in total. The Morgan fingerprint density at radius 1 is 1.03 bits per heavy atom. The number of amides is 1. The molecule has 4 rings (SSSR count). The molecule has 0 spiro atoms. The number of carbonyl (C=O) groups is 1. The number of amidine groups is 1. The maximum atomic E-state index is 12.4. The predicted molar refractivity (Wildman–Crippen MR) is 126 cm³/mol. The molecule has 3 aromatic carbocycles. The summed E-state index contributed by atoms with van der Waals surface area (Å²) in [5.41, 5.74) is 2.62. The van der Waals surface area contributed by atoms with Crippen molar-refractivity contribution in [2.24, 2.45) is 4.99 Å². The van der Waals surface area contributed by atoms with E-state index >= 15 is 0 Å². The van der Waals surface area contributed by atoms with Gasteiger partial charge in [-0.25, -0.2) is 4.99 Å². The molecule has 0 unspecified atom stereocenters. The lowest BCUT2D eigenvalue weighted by Crippen LogP contribution is -2.19. The van der Waals surface area contributed by atoms with E-state index in [1.807, 2.05) is 48.5 Å². The van der Waals surface area contributed by atoms with E-state index in [4.69, 9.17) is 21.1 Å². The van der Waals surface area contributed by atoms with Crippen LogP contribution in [-0.2, 0) is 11.4 Å². The lowest BCUT2D eigenvalue weighted by Gasteiger charge is -2.11. The van der Waals surface area contributed by atoms with Gasteiger partial charge in [0.05, 0.1) is 17.7 Å². The van der Waals surface area contributed by atoms with Gasteiger partial charge in [0.1, 0.15) is 6.61 Å². The molecule has 0 bridgehead atoms. The number of nitrogens with zero attached hydrogens (tertiary/aromatic N) is 1. The first-order chi connectivity index (χ1) is 15.1. The molecule has 0 atom stereocenters. The van der Waals surface area contributed by atoms with Gasteiger partial charge in [0.2, 0.25) is 0 Å². The molecule has 0 aromatic heterocycles. The first-order valence-corrected chi connectivity index (χ1v) is 10.7. The normalized spacial score (nSPS) is 15.9. The third-order valence-corrected chi connectivity index (χ3v) is 5.59. The topological polar surface area (TPSA) is 59.9 Å². The summed E-state index contributed by atoms with van der Waals surface area (Å²) in [4.78, 5) is 17.4. The number of carbonyl (C=O) groups excluding carboxylic acids is 1. The van der Waals surface area contributed by atoms with Crippen LogP contribution in [0.5, 0.6) is 11.5 Å². The first-order valence-electron chi connectivity index (χ1n) is 9.50. The first kappa shape index (κ1) is 21.0. The molecule has 1 aliphatic rings. The van der Waals surface area contributed by atoms with Crippen LogP contribution in [0.4, 0.5) is 5.69 Å². The Kier molecular flexibility index (Phi) is 6.60. The highest BCUT2D eigenvalue weighted by atomic mass is 35.5. The van der Waals surface area contributed by atoms with Gasteiger partial charge in [-0.1, -0.05) is 48.0 Å². The van der Waals surface area contributed by atoms with Crippen LogP contribution in [-0.4, -0.2) is 18.2 Å². The van der Waals surface area contributed by atoms with Gasteiger partial charge in [0, 0.05) is 5.02 Å². The molecule has 3 aromatic rings. The van der Waals surface area contributed by atoms with Gasteiger partial charge < -0.3 is 14.8 Å². The molecule has 7 heteroatoms. The van der Waals surface area contributed by atoms with Gasteiger partial charge in [-0.05, 0) is 65.4 Å². The highest BCUT2D eigenvalue weighted by Crippen LogP contribution is 2.32. The molecule has 1 saturated heterocycles. The highest BCUT2D eigenvalue weighted by Gasteiger charge is 2.24. The minimum Gasteiger partial charge on any atom is -0.493 e. The lowest BCUT2D eigenvalue weighted by molar-refractivity contribution is -0.115.